The molecule has 4 fully saturated rings. The summed E-state index contributed by atoms with van der Waals surface area (Å²) in [4.78, 5) is 2.67. The van der Waals surface area contributed by atoms with Crippen LogP contribution in [0.4, 0.5) is 17.1 Å². The lowest BCUT2D eigenvalue weighted by molar-refractivity contribution is -0.0399. The molecule has 0 unspecified atom stereocenters. The van der Waals surface area contributed by atoms with Crippen molar-refractivity contribution >= 4 is 17.1 Å². The lowest BCUT2D eigenvalue weighted by Crippen LogP contribution is -2.55. The molecule has 0 radical (unpaired) electrons. The van der Waals surface area contributed by atoms with Crippen LogP contribution in [-0.4, -0.2) is 0 Å². The lowest BCUT2D eigenvalue weighted by Gasteiger charge is -2.61. The fourth-order valence-corrected chi connectivity index (χ4v) is 14.3. The summed E-state index contributed by atoms with van der Waals surface area (Å²) in [6.45, 7) is 14.6. The first-order chi connectivity index (χ1) is 28.0. The molecule has 0 saturated heterocycles. The van der Waals surface area contributed by atoms with Crippen molar-refractivity contribution < 1.29 is 0 Å². The molecule has 290 valence electrons. The summed E-state index contributed by atoms with van der Waals surface area (Å²) in [5, 5.41) is 0. The lowest BCUT2D eigenvalue weighted by atomic mass is 9.43. The van der Waals surface area contributed by atoms with Crippen molar-refractivity contribution in [1.29, 1.82) is 0 Å². The van der Waals surface area contributed by atoms with Crippen molar-refractivity contribution in [3.05, 3.63) is 161 Å². The second kappa shape index (κ2) is 11.9. The van der Waals surface area contributed by atoms with Gasteiger partial charge in [-0.1, -0.05) is 145 Å². The van der Waals surface area contributed by atoms with E-state index in [2.05, 4.69) is 174 Å². The fraction of sp³-hybridized carbons (Fsp3) is 0.368. The average Bonchev–Trinajstić information content (AvgIpc) is 3.65. The van der Waals surface area contributed by atoms with Gasteiger partial charge in [-0.3, -0.25) is 0 Å². The van der Waals surface area contributed by atoms with Crippen molar-refractivity contribution in [2.45, 2.75) is 108 Å². The molecule has 1 spiro atoms. The van der Waals surface area contributed by atoms with Crippen LogP contribution in [-0.2, 0) is 21.7 Å². The van der Waals surface area contributed by atoms with Crippen LogP contribution in [0.25, 0.3) is 33.4 Å². The number of hydrogen-bond acceptors (Lipinski definition) is 1. The molecule has 4 saturated carbocycles. The van der Waals surface area contributed by atoms with Gasteiger partial charge >= 0.3 is 0 Å². The van der Waals surface area contributed by atoms with E-state index in [4.69, 9.17) is 0 Å². The molecule has 7 aliphatic carbocycles. The molecule has 1 nitrogen and oxygen atoms in total. The van der Waals surface area contributed by atoms with Crippen LogP contribution in [0.3, 0.4) is 0 Å². The molecule has 0 amide bonds. The van der Waals surface area contributed by atoms with Crippen LogP contribution in [0.2, 0.25) is 0 Å². The third-order valence-electron chi connectivity index (χ3n) is 16.9. The normalized spacial score (nSPS) is 26.8. The molecule has 4 bridgehead atoms. The molecular weight excluding hydrogens is 699 g/mol. The van der Waals surface area contributed by atoms with Crippen molar-refractivity contribution in [2.75, 3.05) is 4.90 Å². The second-order valence-electron chi connectivity index (χ2n) is 21.2. The SMILES string of the molecule is CC1(C)CCC(C)(C)c2cc(-c3ccccc3N(c3ccc4c(c3)C(C)(C)c3ccccc3-4)c3cccc4c3-c3ccccc3C43C4CC5CC(C4)CC3C5)ccc21. The quantitative estimate of drug-likeness (QED) is 0.173. The summed E-state index contributed by atoms with van der Waals surface area (Å²) < 4.78 is 0. The number of hydrogen-bond donors (Lipinski definition) is 0. The van der Waals surface area contributed by atoms with Gasteiger partial charge in [-0.15, -0.1) is 0 Å². The van der Waals surface area contributed by atoms with E-state index in [9.17, 15) is 0 Å². The van der Waals surface area contributed by atoms with E-state index in [0.29, 0.717) is 0 Å². The maximum Gasteiger partial charge on any atom is 0.0543 e. The third kappa shape index (κ3) is 4.60. The summed E-state index contributed by atoms with van der Waals surface area (Å²) in [5.41, 5.74) is 21.5. The Morgan fingerprint density at radius 2 is 1.02 bits per heavy atom. The predicted octanol–water partition coefficient (Wildman–Crippen LogP) is 15.2. The Hall–Kier alpha value is -4.88. The van der Waals surface area contributed by atoms with E-state index >= 15 is 0 Å². The van der Waals surface area contributed by atoms with Gasteiger partial charge in [0.15, 0.2) is 0 Å². The van der Waals surface area contributed by atoms with Crippen LogP contribution >= 0.6 is 0 Å². The summed E-state index contributed by atoms with van der Waals surface area (Å²) in [6.07, 6.45) is 9.47. The van der Waals surface area contributed by atoms with Crippen molar-refractivity contribution in [3.8, 4) is 33.4 Å². The van der Waals surface area contributed by atoms with Gasteiger partial charge < -0.3 is 4.90 Å². The van der Waals surface area contributed by atoms with Crippen LogP contribution in [0.1, 0.15) is 120 Å². The first kappa shape index (κ1) is 35.1. The van der Waals surface area contributed by atoms with Gasteiger partial charge in [0.1, 0.15) is 0 Å². The number of rotatable bonds is 4. The second-order valence-corrected chi connectivity index (χ2v) is 21.2. The zero-order valence-corrected chi connectivity index (χ0v) is 35.3. The Morgan fingerprint density at radius 1 is 0.431 bits per heavy atom. The molecule has 58 heavy (non-hydrogen) atoms. The highest BCUT2D eigenvalue weighted by atomic mass is 15.1. The number of fused-ring (bicyclic) bond motifs is 7. The number of benzene rings is 6. The number of nitrogens with zero attached hydrogens (tertiary/aromatic N) is 1. The maximum absolute atomic E-state index is 2.67. The van der Waals surface area contributed by atoms with Crippen LogP contribution in [0.15, 0.2) is 127 Å². The number of para-hydroxylation sites is 1. The largest absolute Gasteiger partial charge is 0.309 e. The van der Waals surface area contributed by atoms with Gasteiger partial charge in [0, 0.05) is 27.6 Å². The Morgan fingerprint density at radius 3 is 1.76 bits per heavy atom. The Balaban J connectivity index is 1.12. The Bertz CT molecular complexity index is 2660. The maximum atomic E-state index is 2.67. The number of anilines is 3. The monoisotopic (exact) mass is 755 g/mol. The highest BCUT2D eigenvalue weighted by Crippen LogP contribution is 2.70. The van der Waals surface area contributed by atoms with E-state index in [1.807, 2.05) is 0 Å². The van der Waals surface area contributed by atoms with Crippen molar-refractivity contribution in [1.82, 2.24) is 0 Å². The van der Waals surface area contributed by atoms with E-state index in [-0.39, 0.29) is 21.7 Å². The minimum Gasteiger partial charge on any atom is -0.309 e. The molecule has 6 aromatic rings. The molecule has 13 rings (SSSR count). The predicted molar refractivity (Wildman–Crippen MR) is 243 cm³/mol. The zero-order valence-electron chi connectivity index (χ0n) is 35.3. The summed E-state index contributed by atoms with van der Waals surface area (Å²) in [7, 11) is 0. The van der Waals surface area contributed by atoms with Gasteiger partial charge in [0.05, 0.1) is 11.4 Å². The van der Waals surface area contributed by atoms with E-state index in [1.54, 1.807) is 11.1 Å². The standard InChI is InChI=1S/C57H57N/c1-54(2)26-27-55(3,4)50-33-37(22-25-47(50)54)41-14-9-12-20-51(41)58(40-23-24-43-42-15-7-10-17-45(42)56(5,6)49(43)34-40)52-21-13-19-48-53(52)44-16-8-11-18-46(44)57(48)38-29-35-28-36(31-38)32-39(57)30-35/h7-25,33-36,38-39H,26-32H2,1-6H3. The molecule has 0 N–H and O–H groups in total. The summed E-state index contributed by atoms with van der Waals surface area (Å²) in [6, 6.07) is 50.3. The summed E-state index contributed by atoms with van der Waals surface area (Å²) >= 11 is 0. The first-order valence-electron chi connectivity index (χ1n) is 22.5. The Kier molecular flexibility index (Phi) is 7.18. The van der Waals surface area contributed by atoms with Crippen LogP contribution < -0.4 is 4.90 Å². The minimum absolute atomic E-state index is 0.0975. The van der Waals surface area contributed by atoms with E-state index in [0.717, 1.165) is 23.7 Å². The Labute approximate surface area is 346 Å². The van der Waals surface area contributed by atoms with Crippen molar-refractivity contribution in [2.24, 2.45) is 23.7 Å². The van der Waals surface area contributed by atoms with Gasteiger partial charge in [-0.05, 0) is 159 Å². The van der Waals surface area contributed by atoms with E-state index < -0.39 is 0 Å². The topological polar surface area (TPSA) is 3.24 Å². The van der Waals surface area contributed by atoms with Gasteiger partial charge in [0.2, 0.25) is 0 Å². The highest BCUT2D eigenvalue weighted by molar-refractivity contribution is 5.99. The highest BCUT2D eigenvalue weighted by Gasteiger charge is 2.62. The molecule has 7 aliphatic rings. The third-order valence-corrected chi connectivity index (χ3v) is 16.9. The zero-order chi connectivity index (χ0) is 39.3. The van der Waals surface area contributed by atoms with Crippen LogP contribution in [0.5, 0.6) is 0 Å². The molecule has 0 aromatic heterocycles. The molecule has 0 heterocycles. The molecular formula is C57H57N. The average molecular weight is 756 g/mol. The molecule has 6 aromatic carbocycles. The first-order valence-corrected chi connectivity index (χ1v) is 22.5. The minimum atomic E-state index is -0.0975. The molecule has 0 aliphatic heterocycles. The molecule has 0 atom stereocenters. The van der Waals surface area contributed by atoms with Gasteiger partial charge in [-0.2, -0.15) is 0 Å². The summed E-state index contributed by atoms with van der Waals surface area (Å²) in [5.74, 6) is 3.29. The molecule has 1 heteroatoms. The van der Waals surface area contributed by atoms with Crippen LogP contribution in [0, 0.1) is 23.7 Å². The fourth-order valence-electron chi connectivity index (χ4n) is 14.3. The smallest absolute Gasteiger partial charge is 0.0543 e. The van der Waals surface area contributed by atoms with Crippen molar-refractivity contribution in [3.63, 3.8) is 0 Å². The van der Waals surface area contributed by atoms with Gasteiger partial charge in [0.25, 0.3) is 0 Å². The van der Waals surface area contributed by atoms with Gasteiger partial charge in [-0.25, -0.2) is 0 Å². The van der Waals surface area contributed by atoms with E-state index in [1.165, 1.54) is 118 Å².